The Morgan fingerprint density at radius 3 is 2.83 bits per heavy atom. The summed E-state index contributed by atoms with van der Waals surface area (Å²) in [6.07, 6.45) is 6.73. The molecule has 0 rings (SSSR count). The summed E-state index contributed by atoms with van der Waals surface area (Å²) in [5.74, 6) is 2.26. The van der Waals surface area contributed by atoms with Crippen LogP contribution in [-0.4, -0.2) is 26.3 Å². The molecule has 0 N–H and O–H groups in total. The quantitative estimate of drug-likeness (QED) is 0.338. The maximum atomic E-state index is 10.6. The van der Waals surface area contributed by atoms with Gasteiger partial charge in [-0.1, -0.05) is 0 Å². The molecule has 68 valence electrons. The Balaban J connectivity index is 3.01. The summed E-state index contributed by atoms with van der Waals surface area (Å²) < 4.78 is 9.57. The van der Waals surface area contributed by atoms with E-state index in [2.05, 4.69) is 10.7 Å². The molecule has 0 aromatic heterocycles. The highest BCUT2D eigenvalue weighted by Crippen LogP contribution is 1.92. The third kappa shape index (κ3) is 7.10. The number of terminal acetylenes is 1. The van der Waals surface area contributed by atoms with Crippen molar-refractivity contribution in [3.8, 4) is 12.3 Å². The Hall–Kier alpha value is -1.01. The molecule has 0 aliphatic rings. The third-order valence-corrected chi connectivity index (χ3v) is 1.29. The van der Waals surface area contributed by atoms with E-state index in [1.165, 1.54) is 7.11 Å². The lowest BCUT2D eigenvalue weighted by molar-refractivity contribution is -0.141. The first-order valence-electron chi connectivity index (χ1n) is 3.89. The van der Waals surface area contributed by atoms with Crippen molar-refractivity contribution in [2.45, 2.75) is 19.3 Å². The molecular formula is C9H14O3. The predicted molar refractivity (Wildman–Crippen MR) is 45.5 cm³/mol. The van der Waals surface area contributed by atoms with E-state index < -0.39 is 0 Å². The SMILES string of the molecule is C#CCCOCCCC(=O)OC. The number of carbonyl (C=O) groups excluding carboxylic acids is 1. The molecule has 0 radical (unpaired) electrons. The molecule has 0 heterocycles. The van der Waals surface area contributed by atoms with Crippen molar-refractivity contribution in [3.05, 3.63) is 0 Å². The van der Waals surface area contributed by atoms with Crippen molar-refractivity contribution in [3.63, 3.8) is 0 Å². The molecule has 0 fully saturated rings. The van der Waals surface area contributed by atoms with Crippen LogP contribution in [0.15, 0.2) is 0 Å². The van der Waals surface area contributed by atoms with Crippen LogP contribution in [0.1, 0.15) is 19.3 Å². The van der Waals surface area contributed by atoms with Gasteiger partial charge in [0.1, 0.15) is 0 Å². The molecule has 0 bridgehead atoms. The van der Waals surface area contributed by atoms with Gasteiger partial charge in [-0.15, -0.1) is 12.3 Å². The summed E-state index contributed by atoms with van der Waals surface area (Å²) in [7, 11) is 1.38. The maximum Gasteiger partial charge on any atom is 0.305 e. The Morgan fingerprint density at radius 2 is 2.25 bits per heavy atom. The standard InChI is InChI=1S/C9H14O3/c1-3-4-7-12-8-5-6-9(10)11-2/h1H,4-8H2,2H3. The van der Waals surface area contributed by atoms with Gasteiger partial charge in [-0.2, -0.15) is 0 Å². The molecule has 0 aliphatic heterocycles. The van der Waals surface area contributed by atoms with E-state index in [1.54, 1.807) is 0 Å². The van der Waals surface area contributed by atoms with Crippen LogP contribution in [0.2, 0.25) is 0 Å². The fourth-order valence-electron chi connectivity index (χ4n) is 0.654. The van der Waals surface area contributed by atoms with Gasteiger partial charge in [-0.05, 0) is 6.42 Å². The van der Waals surface area contributed by atoms with Crippen molar-refractivity contribution >= 4 is 5.97 Å². The van der Waals surface area contributed by atoms with Crippen molar-refractivity contribution in [1.29, 1.82) is 0 Å². The highest BCUT2D eigenvalue weighted by Gasteiger charge is 1.98. The molecule has 3 nitrogen and oxygen atoms in total. The van der Waals surface area contributed by atoms with Gasteiger partial charge in [0.05, 0.1) is 13.7 Å². The van der Waals surface area contributed by atoms with Gasteiger partial charge >= 0.3 is 5.97 Å². The summed E-state index contributed by atoms with van der Waals surface area (Å²) in [6, 6.07) is 0. The smallest absolute Gasteiger partial charge is 0.305 e. The van der Waals surface area contributed by atoms with E-state index >= 15 is 0 Å². The first kappa shape index (κ1) is 11.0. The molecular weight excluding hydrogens is 156 g/mol. The molecule has 12 heavy (non-hydrogen) atoms. The van der Waals surface area contributed by atoms with Gasteiger partial charge in [-0.25, -0.2) is 0 Å². The van der Waals surface area contributed by atoms with Crippen LogP contribution in [0.3, 0.4) is 0 Å². The number of rotatable bonds is 6. The second-order valence-electron chi connectivity index (χ2n) is 2.25. The van der Waals surface area contributed by atoms with Crippen molar-refractivity contribution < 1.29 is 14.3 Å². The lowest BCUT2D eigenvalue weighted by Crippen LogP contribution is -2.03. The average Bonchev–Trinajstić information content (AvgIpc) is 2.10. The molecule has 0 aliphatic carbocycles. The minimum Gasteiger partial charge on any atom is -0.469 e. The fourth-order valence-corrected chi connectivity index (χ4v) is 0.654. The Morgan fingerprint density at radius 1 is 1.50 bits per heavy atom. The number of methoxy groups -OCH3 is 1. The molecule has 0 saturated carbocycles. The number of carbonyl (C=O) groups is 1. The first-order valence-corrected chi connectivity index (χ1v) is 3.89. The van der Waals surface area contributed by atoms with Gasteiger partial charge < -0.3 is 9.47 Å². The van der Waals surface area contributed by atoms with Gasteiger partial charge in [0, 0.05) is 19.4 Å². The van der Waals surface area contributed by atoms with E-state index in [1.807, 2.05) is 0 Å². The maximum absolute atomic E-state index is 10.6. The highest BCUT2D eigenvalue weighted by molar-refractivity contribution is 5.68. The lowest BCUT2D eigenvalue weighted by atomic mass is 10.3. The van der Waals surface area contributed by atoms with Gasteiger partial charge in [-0.3, -0.25) is 4.79 Å². The van der Waals surface area contributed by atoms with Crippen molar-refractivity contribution in [1.82, 2.24) is 0 Å². The summed E-state index contributed by atoms with van der Waals surface area (Å²) in [6.45, 7) is 1.13. The molecule has 0 saturated heterocycles. The van der Waals surface area contributed by atoms with Crippen LogP contribution in [0.25, 0.3) is 0 Å². The summed E-state index contributed by atoms with van der Waals surface area (Å²) in [5, 5.41) is 0. The van der Waals surface area contributed by atoms with E-state index in [9.17, 15) is 4.79 Å². The zero-order valence-corrected chi connectivity index (χ0v) is 7.34. The second kappa shape index (κ2) is 8.09. The van der Waals surface area contributed by atoms with Gasteiger partial charge in [0.2, 0.25) is 0 Å². The van der Waals surface area contributed by atoms with Crippen LogP contribution in [0, 0.1) is 12.3 Å². The zero-order valence-electron chi connectivity index (χ0n) is 7.34. The highest BCUT2D eigenvalue weighted by atomic mass is 16.5. The molecule has 0 atom stereocenters. The molecule has 0 unspecified atom stereocenters. The number of hydrogen-bond acceptors (Lipinski definition) is 3. The van der Waals surface area contributed by atoms with Crippen LogP contribution in [-0.2, 0) is 14.3 Å². The zero-order chi connectivity index (χ0) is 9.23. The molecule has 0 aromatic carbocycles. The van der Waals surface area contributed by atoms with E-state index in [4.69, 9.17) is 11.2 Å². The topological polar surface area (TPSA) is 35.5 Å². The van der Waals surface area contributed by atoms with E-state index in [0.717, 1.165) is 0 Å². The molecule has 0 aromatic rings. The lowest BCUT2D eigenvalue weighted by Gasteiger charge is -2.00. The van der Waals surface area contributed by atoms with Crippen LogP contribution >= 0.6 is 0 Å². The first-order chi connectivity index (χ1) is 5.81. The van der Waals surface area contributed by atoms with Gasteiger partial charge in [0.15, 0.2) is 0 Å². The van der Waals surface area contributed by atoms with Crippen LogP contribution in [0.5, 0.6) is 0 Å². The molecule has 0 spiro atoms. The number of esters is 1. The van der Waals surface area contributed by atoms with Crippen molar-refractivity contribution in [2.24, 2.45) is 0 Å². The Bertz CT molecular complexity index is 158. The third-order valence-electron chi connectivity index (χ3n) is 1.29. The summed E-state index contributed by atoms with van der Waals surface area (Å²) in [4.78, 5) is 10.6. The molecule has 3 heteroatoms. The largest absolute Gasteiger partial charge is 0.469 e. The van der Waals surface area contributed by atoms with E-state index in [0.29, 0.717) is 32.5 Å². The number of hydrogen-bond donors (Lipinski definition) is 0. The van der Waals surface area contributed by atoms with Crippen molar-refractivity contribution in [2.75, 3.05) is 20.3 Å². The van der Waals surface area contributed by atoms with Gasteiger partial charge in [0.25, 0.3) is 0 Å². The monoisotopic (exact) mass is 170 g/mol. The predicted octanol–water partition coefficient (Wildman–Crippen LogP) is 0.980. The summed E-state index contributed by atoms with van der Waals surface area (Å²) >= 11 is 0. The fraction of sp³-hybridized carbons (Fsp3) is 0.667. The van der Waals surface area contributed by atoms with Crippen LogP contribution < -0.4 is 0 Å². The Labute approximate surface area is 73.0 Å². The average molecular weight is 170 g/mol. The van der Waals surface area contributed by atoms with E-state index in [-0.39, 0.29) is 5.97 Å². The minimum absolute atomic E-state index is 0.199. The minimum atomic E-state index is -0.199. The second-order valence-corrected chi connectivity index (χ2v) is 2.25. The number of ether oxygens (including phenoxy) is 2. The van der Waals surface area contributed by atoms with Crippen LogP contribution in [0.4, 0.5) is 0 Å². The Kier molecular flexibility index (Phi) is 7.41. The summed E-state index contributed by atoms with van der Waals surface area (Å²) in [5.41, 5.74) is 0. The normalized spacial score (nSPS) is 9.00. The molecule has 0 amide bonds.